The van der Waals surface area contributed by atoms with E-state index in [4.69, 9.17) is 10.5 Å². The van der Waals surface area contributed by atoms with Gasteiger partial charge >= 0.3 is 0 Å². The second-order valence-electron chi connectivity index (χ2n) is 9.59. The van der Waals surface area contributed by atoms with Gasteiger partial charge in [-0.15, -0.1) is 0 Å². The molecule has 1 amide bonds. The van der Waals surface area contributed by atoms with Gasteiger partial charge in [-0.05, 0) is 85.9 Å². The summed E-state index contributed by atoms with van der Waals surface area (Å²) in [5.74, 6) is -2.91. The quantitative estimate of drug-likeness (QED) is 0.382. The highest BCUT2D eigenvalue weighted by Crippen LogP contribution is 2.38. The highest BCUT2D eigenvalue weighted by molar-refractivity contribution is 6.03. The number of hydrogen-bond acceptors (Lipinski definition) is 5. The number of pyridine rings is 2. The van der Waals surface area contributed by atoms with E-state index >= 15 is 0 Å². The van der Waals surface area contributed by atoms with E-state index in [-0.39, 0.29) is 17.7 Å². The number of hydrogen-bond donors (Lipinski definition) is 2. The minimum absolute atomic E-state index is 0.0714. The fourth-order valence-corrected chi connectivity index (χ4v) is 5.04. The van der Waals surface area contributed by atoms with Crippen LogP contribution in [0.2, 0.25) is 0 Å². The molecule has 3 N–H and O–H groups in total. The summed E-state index contributed by atoms with van der Waals surface area (Å²) >= 11 is 0. The van der Waals surface area contributed by atoms with Gasteiger partial charge in [0.1, 0.15) is 28.8 Å². The lowest BCUT2D eigenvalue weighted by molar-refractivity contribution is 0.102. The molecule has 3 aromatic rings. The van der Waals surface area contributed by atoms with Crippen molar-refractivity contribution in [1.82, 2.24) is 9.97 Å². The highest BCUT2D eigenvalue weighted by Gasteiger charge is 2.28. The molecule has 37 heavy (non-hydrogen) atoms. The summed E-state index contributed by atoms with van der Waals surface area (Å²) < 4.78 is 49.7. The first-order valence-electron chi connectivity index (χ1n) is 12.5. The molecule has 0 saturated heterocycles. The number of nitrogens with one attached hydrogen (secondary N) is 1. The third-order valence-corrected chi connectivity index (χ3v) is 6.68. The maximum atomic E-state index is 14.9. The van der Waals surface area contributed by atoms with Gasteiger partial charge in [-0.2, -0.15) is 0 Å². The van der Waals surface area contributed by atoms with Crippen molar-refractivity contribution in [3.8, 4) is 11.3 Å². The van der Waals surface area contributed by atoms with Crippen molar-refractivity contribution in [3.05, 3.63) is 77.0 Å². The number of nitrogens with two attached hydrogens (primary N) is 1. The van der Waals surface area contributed by atoms with Gasteiger partial charge in [-0.1, -0.05) is 6.92 Å². The number of carbonyl (C=O) groups excluding carboxylic acids is 1. The van der Waals surface area contributed by atoms with Gasteiger partial charge in [0.25, 0.3) is 5.91 Å². The van der Waals surface area contributed by atoms with Crippen LogP contribution in [-0.4, -0.2) is 35.1 Å². The molecule has 0 spiro atoms. The maximum absolute atomic E-state index is 14.9. The lowest BCUT2D eigenvalue weighted by Gasteiger charge is -2.32. The summed E-state index contributed by atoms with van der Waals surface area (Å²) in [5.41, 5.74) is 6.64. The molecule has 0 aliphatic heterocycles. The monoisotopic (exact) mass is 512 g/mol. The molecule has 4 rings (SSSR count). The third-order valence-electron chi connectivity index (χ3n) is 6.68. The minimum atomic E-state index is -0.965. The lowest BCUT2D eigenvalue weighted by atomic mass is 9.76. The smallest absolute Gasteiger partial charge is 0.274 e. The topological polar surface area (TPSA) is 90.1 Å². The van der Waals surface area contributed by atoms with E-state index in [1.807, 2.05) is 13.0 Å². The van der Waals surface area contributed by atoms with E-state index in [1.165, 1.54) is 6.07 Å². The van der Waals surface area contributed by atoms with Crippen LogP contribution in [0, 0.1) is 23.4 Å². The van der Waals surface area contributed by atoms with Gasteiger partial charge < -0.3 is 15.8 Å². The molecular weight excluding hydrogens is 481 g/mol. The molecule has 1 saturated carbocycles. The van der Waals surface area contributed by atoms with Gasteiger partial charge in [0.15, 0.2) is 0 Å². The molecule has 0 radical (unpaired) electrons. The van der Waals surface area contributed by atoms with E-state index in [2.05, 4.69) is 22.2 Å². The van der Waals surface area contributed by atoms with Crippen molar-refractivity contribution in [2.75, 3.05) is 18.5 Å². The number of carbonyl (C=O) groups is 1. The highest BCUT2D eigenvalue weighted by atomic mass is 19.1. The van der Waals surface area contributed by atoms with Gasteiger partial charge in [-0.3, -0.25) is 9.78 Å². The third kappa shape index (κ3) is 6.34. The summed E-state index contributed by atoms with van der Waals surface area (Å²) in [6.45, 7) is 4.77. The van der Waals surface area contributed by atoms with E-state index in [1.54, 1.807) is 12.4 Å². The number of aromatic nitrogens is 2. The Morgan fingerprint density at radius 2 is 1.86 bits per heavy atom. The second-order valence-corrected chi connectivity index (χ2v) is 9.59. The summed E-state index contributed by atoms with van der Waals surface area (Å²) in [5, 5.41) is 2.79. The van der Waals surface area contributed by atoms with Crippen molar-refractivity contribution in [1.29, 1.82) is 0 Å². The normalized spacial score (nSPS) is 19.6. The Bertz CT molecular complexity index is 1240. The number of amides is 1. The van der Waals surface area contributed by atoms with Crippen LogP contribution in [0.1, 0.15) is 60.6 Å². The number of benzene rings is 1. The van der Waals surface area contributed by atoms with Gasteiger partial charge in [-0.25, -0.2) is 18.2 Å². The molecule has 2 aromatic heterocycles. The first kappa shape index (κ1) is 26.8. The standard InChI is InChI=1S/C28H31F3N4O2/c1-3-37-9-7-17-12-22(30)26(23(31)13-17)27-21(29)4-5-24(34-27)28(36)35-25-15-33-8-6-20(25)18-10-16(2)11-19(32)14-18/h4-6,8,12-13,15-16,18-19H,3,7,9-11,14,32H2,1-2H3,(H,35,36)/t16-,18+,19-/m0/s1. The van der Waals surface area contributed by atoms with Gasteiger partial charge in [0, 0.05) is 18.8 Å². The van der Waals surface area contributed by atoms with Gasteiger partial charge in [0.05, 0.1) is 24.1 Å². The van der Waals surface area contributed by atoms with Crippen LogP contribution >= 0.6 is 0 Å². The van der Waals surface area contributed by atoms with E-state index in [0.29, 0.717) is 36.8 Å². The molecule has 196 valence electrons. The summed E-state index contributed by atoms with van der Waals surface area (Å²) in [6, 6.07) is 6.33. The Kier molecular flexibility index (Phi) is 8.56. The predicted molar refractivity (Wildman–Crippen MR) is 136 cm³/mol. The van der Waals surface area contributed by atoms with E-state index in [0.717, 1.165) is 43.0 Å². The zero-order chi connectivity index (χ0) is 26.5. The molecule has 9 heteroatoms. The molecule has 6 nitrogen and oxygen atoms in total. The average molecular weight is 513 g/mol. The second kappa shape index (κ2) is 11.8. The van der Waals surface area contributed by atoms with E-state index < -0.39 is 34.6 Å². The van der Waals surface area contributed by atoms with Crippen molar-refractivity contribution in [2.24, 2.45) is 11.7 Å². The Hall–Kier alpha value is -3.30. The Morgan fingerprint density at radius 1 is 1.11 bits per heavy atom. The first-order chi connectivity index (χ1) is 17.8. The Labute approximate surface area is 214 Å². The fourth-order valence-electron chi connectivity index (χ4n) is 5.04. The summed E-state index contributed by atoms with van der Waals surface area (Å²) in [6.07, 6.45) is 6.18. The minimum Gasteiger partial charge on any atom is -0.381 e. The zero-order valence-corrected chi connectivity index (χ0v) is 20.9. The Morgan fingerprint density at radius 3 is 2.57 bits per heavy atom. The molecular formula is C28H31F3N4O2. The van der Waals surface area contributed by atoms with Crippen LogP contribution in [0.3, 0.4) is 0 Å². The van der Waals surface area contributed by atoms with Crippen molar-refractivity contribution in [2.45, 2.75) is 51.5 Å². The summed E-state index contributed by atoms with van der Waals surface area (Å²) in [7, 11) is 0. The SMILES string of the molecule is CCOCCc1cc(F)c(-c2nc(C(=O)Nc3cnccc3[C@@H]3C[C@H](C)C[C@H](N)C3)ccc2F)c(F)c1. The number of nitrogens with zero attached hydrogens (tertiary/aromatic N) is 2. The van der Waals surface area contributed by atoms with E-state index in [9.17, 15) is 18.0 Å². The molecule has 2 heterocycles. The largest absolute Gasteiger partial charge is 0.381 e. The molecule has 3 atom stereocenters. The van der Waals surface area contributed by atoms with Crippen LogP contribution < -0.4 is 11.1 Å². The molecule has 1 aliphatic rings. The van der Waals surface area contributed by atoms with Crippen molar-refractivity contribution < 1.29 is 22.7 Å². The molecule has 0 bridgehead atoms. The van der Waals surface area contributed by atoms with Crippen molar-refractivity contribution >= 4 is 11.6 Å². The molecule has 0 unspecified atom stereocenters. The van der Waals surface area contributed by atoms with Crippen LogP contribution in [0.15, 0.2) is 42.7 Å². The van der Waals surface area contributed by atoms with Crippen molar-refractivity contribution in [3.63, 3.8) is 0 Å². The molecule has 1 aromatic carbocycles. The average Bonchev–Trinajstić information content (AvgIpc) is 2.84. The zero-order valence-electron chi connectivity index (χ0n) is 20.9. The Balaban J connectivity index is 1.59. The first-order valence-corrected chi connectivity index (χ1v) is 12.5. The number of anilines is 1. The maximum Gasteiger partial charge on any atom is 0.274 e. The molecule has 1 fully saturated rings. The van der Waals surface area contributed by atoms with Crippen LogP contribution in [0.5, 0.6) is 0 Å². The summed E-state index contributed by atoms with van der Waals surface area (Å²) in [4.78, 5) is 21.2. The lowest BCUT2D eigenvalue weighted by Crippen LogP contribution is -2.31. The fraction of sp³-hybridized carbons (Fsp3) is 0.393. The van der Waals surface area contributed by atoms with Gasteiger partial charge in [0.2, 0.25) is 0 Å². The number of halogens is 3. The van der Waals surface area contributed by atoms with Crippen LogP contribution in [0.25, 0.3) is 11.3 Å². The molecule has 1 aliphatic carbocycles. The predicted octanol–water partition coefficient (Wildman–Crippen LogP) is 5.62. The number of rotatable bonds is 8. The number of ether oxygens (including phenoxy) is 1. The van der Waals surface area contributed by atoms with Crippen LogP contribution in [-0.2, 0) is 11.2 Å². The van der Waals surface area contributed by atoms with Crippen LogP contribution in [0.4, 0.5) is 18.9 Å².